The Kier molecular flexibility index (Phi) is 5.44. The van der Waals surface area contributed by atoms with Gasteiger partial charge in [-0.05, 0) is 42.8 Å². The van der Waals surface area contributed by atoms with Crippen molar-refractivity contribution < 1.29 is 23.2 Å². The molecule has 0 unspecified atom stereocenters. The van der Waals surface area contributed by atoms with Crippen molar-refractivity contribution in [2.75, 3.05) is 23.3 Å². The summed E-state index contributed by atoms with van der Waals surface area (Å²) in [6.07, 6.45) is 1.34. The first-order valence-electron chi connectivity index (χ1n) is 8.37. The second-order valence-corrected chi connectivity index (χ2v) is 6.06. The van der Waals surface area contributed by atoms with E-state index in [1.54, 1.807) is 29.2 Å². The summed E-state index contributed by atoms with van der Waals surface area (Å²) in [5.41, 5.74) is 1.16. The van der Waals surface area contributed by atoms with Crippen LogP contribution < -0.4 is 15.5 Å². The summed E-state index contributed by atoms with van der Waals surface area (Å²) in [6.45, 7) is 0.332. The van der Waals surface area contributed by atoms with Crippen LogP contribution in [0.2, 0.25) is 0 Å². The van der Waals surface area contributed by atoms with E-state index in [1.807, 2.05) is 0 Å². The lowest BCUT2D eigenvalue weighted by atomic mass is 10.2. The molecule has 0 bridgehead atoms. The van der Waals surface area contributed by atoms with Crippen LogP contribution in [0, 0.1) is 11.6 Å². The van der Waals surface area contributed by atoms with Crippen LogP contribution in [0.1, 0.15) is 23.2 Å². The van der Waals surface area contributed by atoms with Gasteiger partial charge in [-0.2, -0.15) is 0 Å². The first kappa shape index (κ1) is 18.5. The van der Waals surface area contributed by atoms with E-state index < -0.39 is 23.4 Å². The molecule has 1 saturated heterocycles. The summed E-state index contributed by atoms with van der Waals surface area (Å²) >= 11 is 0. The Hall–Kier alpha value is -3.29. The molecule has 27 heavy (non-hydrogen) atoms. The monoisotopic (exact) mass is 373 g/mol. The molecule has 0 aromatic heterocycles. The van der Waals surface area contributed by atoms with Gasteiger partial charge in [-0.15, -0.1) is 0 Å². The van der Waals surface area contributed by atoms with Crippen LogP contribution in [0.5, 0.6) is 0 Å². The average molecular weight is 373 g/mol. The zero-order valence-corrected chi connectivity index (χ0v) is 14.3. The number of carbonyl (C=O) groups is 3. The number of benzene rings is 2. The van der Waals surface area contributed by atoms with Crippen molar-refractivity contribution in [3.63, 3.8) is 0 Å². The molecule has 1 aliphatic heterocycles. The standard InChI is InChI=1S/C19H17F2N3O3/c20-15-8-5-13(10-16(15)21)23-17(25)11-22-19(27)12-3-6-14(7-4-12)24-9-1-2-18(24)26/h3-8,10H,1-2,9,11H2,(H,22,27)(H,23,25). The third-order valence-electron chi connectivity index (χ3n) is 4.13. The summed E-state index contributed by atoms with van der Waals surface area (Å²) in [4.78, 5) is 37.3. The zero-order chi connectivity index (χ0) is 19.4. The minimum Gasteiger partial charge on any atom is -0.343 e. The fourth-order valence-electron chi connectivity index (χ4n) is 2.76. The number of nitrogens with one attached hydrogen (secondary N) is 2. The maximum atomic E-state index is 13.1. The molecule has 8 heteroatoms. The molecular formula is C19H17F2N3O3. The molecule has 1 heterocycles. The van der Waals surface area contributed by atoms with Gasteiger partial charge in [0.1, 0.15) is 0 Å². The molecule has 1 fully saturated rings. The Morgan fingerprint density at radius 2 is 1.78 bits per heavy atom. The Balaban J connectivity index is 1.53. The van der Waals surface area contributed by atoms with Gasteiger partial charge >= 0.3 is 0 Å². The lowest BCUT2D eigenvalue weighted by Crippen LogP contribution is -2.33. The summed E-state index contributed by atoms with van der Waals surface area (Å²) in [7, 11) is 0. The molecule has 0 saturated carbocycles. The van der Waals surface area contributed by atoms with Gasteiger partial charge in [-0.1, -0.05) is 0 Å². The highest BCUT2D eigenvalue weighted by atomic mass is 19.2. The SMILES string of the molecule is O=C(CNC(=O)c1ccc(N2CCCC2=O)cc1)Nc1ccc(F)c(F)c1. The third kappa shape index (κ3) is 4.46. The number of hydrogen-bond acceptors (Lipinski definition) is 3. The minimum atomic E-state index is -1.08. The molecule has 2 N–H and O–H groups in total. The fourth-order valence-corrected chi connectivity index (χ4v) is 2.76. The summed E-state index contributed by atoms with van der Waals surface area (Å²) in [5.74, 6) is -3.07. The number of rotatable bonds is 5. The first-order valence-corrected chi connectivity index (χ1v) is 8.37. The predicted octanol–water partition coefficient (Wildman–Crippen LogP) is 2.46. The maximum absolute atomic E-state index is 13.1. The van der Waals surface area contributed by atoms with E-state index in [0.29, 0.717) is 18.5 Å². The highest BCUT2D eigenvalue weighted by molar-refractivity contribution is 6.00. The van der Waals surface area contributed by atoms with Gasteiger partial charge < -0.3 is 15.5 Å². The van der Waals surface area contributed by atoms with E-state index in [4.69, 9.17) is 0 Å². The lowest BCUT2D eigenvalue weighted by Gasteiger charge is -2.15. The molecule has 6 nitrogen and oxygen atoms in total. The van der Waals surface area contributed by atoms with Crippen molar-refractivity contribution in [3.05, 3.63) is 59.7 Å². The molecule has 140 valence electrons. The molecule has 2 aromatic rings. The van der Waals surface area contributed by atoms with E-state index in [0.717, 1.165) is 24.2 Å². The molecule has 1 aliphatic rings. The van der Waals surface area contributed by atoms with E-state index in [1.165, 1.54) is 6.07 Å². The number of anilines is 2. The highest BCUT2D eigenvalue weighted by Gasteiger charge is 2.21. The summed E-state index contributed by atoms with van der Waals surface area (Å²) in [6, 6.07) is 9.48. The van der Waals surface area contributed by atoms with Crippen LogP contribution in [-0.4, -0.2) is 30.8 Å². The number of halogens is 2. The largest absolute Gasteiger partial charge is 0.343 e. The van der Waals surface area contributed by atoms with Crippen molar-refractivity contribution in [1.29, 1.82) is 0 Å². The van der Waals surface area contributed by atoms with Crippen LogP contribution in [0.25, 0.3) is 0 Å². The normalized spacial score (nSPS) is 13.6. The molecule has 3 rings (SSSR count). The quantitative estimate of drug-likeness (QED) is 0.845. The van der Waals surface area contributed by atoms with Crippen LogP contribution in [-0.2, 0) is 9.59 Å². The number of carbonyl (C=O) groups excluding carboxylic acids is 3. The van der Waals surface area contributed by atoms with Gasteiger partial charge in [0.2, 0.25) is 11.8 Å². The molecule has 0 aliphatic carbocycles. The van der Waals surface area contributed by atoms with Crippen molar-refractivity contribution in [2.24, 2.45) is 0 Å². The third-order valence-corrected chi connectivity index (χ3v) is 4.13. The van der Waals surface area contributed by atoms with E-state index >= 15 is 0 Å². The molecule has 0 atom stereocenters. The van der Waals surface area contributed by atoms with Gasteiger partial charge in [0, 0.05) is 36.0 Å². The summed E-state index contributed by atoms with van der Waals surface area (Å²) < 4.78 is 26.0. The van der Waals surface area contributed by atoms with Crippen molar-refractivity contribution in [1.82, 2.24) is 5.32 Å². The Labute approximate surface area is 154 Å². The Morgan fingerprint density at radius 1 is 1.04 bits per heavy atom. The van der Waals surface area contributed by atoms with E-state index in [9.17, 15) is 23.2 Å². The fraction of sp³-hybridized carbons (Fsp3) is 0.211. The topological polar surface area (TPSA) is 78.5 Å². The molecule has 3 amide bonds. The zero-order valence-electron chi connectivity index (χ0n) is 14.3. The van der Waals surface area contributed by atoms with Crippen LogP contribution >= 0.6 is 0 Å². The van der Waals surface area contributed by atoms with Gasteiger partial charge in [0.25, 0.3) is 5.91 Å². The van der Waals surface area contributed by atoms with Crippen molar-refractivity contribution >= 4 is 29.1 Å². The minimum absolute atomic E-state index is 0.0566. The van der Waals surface area contributed by atoms with Gasteiger partial charge in [-0.25, -0.2) is 8.78 Å². The lowest BCUT2D eigenvalue weighted by molar-refractivity contribution is -0.117. The van der Waals surface area contributed by atoms with Crippen molar-refractivity contribution in [3.8, 4) is 0 Å². The number of amides is 3. The van der Waals surface area contributed by atoms with E-state index in [2.05, 4.69) is 10.6 Å². The molecule has 2 aromatic carbocycles. The van der Waals surface area contributed by atoms with Gasteiger partial charge in [0.15, 0.2) is 11.6 Å². The van der Waals surface area contributed by atoms with Gasteiger partial charge in [-0.3, -0.25) is 14.4 Å². The van der Waals surface area contributed by atoms with Gasteiger partial charge in [0.05, 0.1) is 6.54 Å². The summed E-state index contributed by atoms with van der Waals surface area (Å²) in [5, 5.41) is 4.81. The van der Waals surface area contributed by atoms with E-state index in [-0.39, 0.29) is 18.1 Å². The first-order chi connectivity index (χ1) is 12.9. The molecule has 0 radical (unpaired) electrons. The van der Waals surface area contributed by atoms with Crippen LogP contribution in [0.3, 0.4) is 0 Å². The smallest absolute Gasteiger partial charge is 0.251 e. The maximum Gasteiger partial charge on any atom is 0.251 e. The molecule has 0 spiro atoms. The number of nitrogens with zero attached hydrogens (tertiary/aromatic N) is 1. The number of hydrogen-bond donors (Lipinski definition) is 2. The van der Waals surface area contributed by atoms with Crippen LogP contribution in [0.4, 0.5) is 20.2 Å². The predicted molar refractivity (Wildman–Crippen MR) is 95.3 cm³/mol. The second-order valence-electron chi connectivity index (χ2n) is 6.06. The van der Waals surface area contributed by atoms with Crippen molar-refractivity contribution in [2.45, 2.75) is 12.8 Å². The molecular weight excluding hydrogens is 356 g/mol. The second kappa shape index (κ2) is 7.94. The Bertz CT molecular complexity index is 884. The van der Waals surface area contributed by atoms with Crippen LogP contribution in [0.15, 0.2) is 42.5 Å². The average Bonchev–Trinajstić information content (AvgIpc) is 3.09. The Morgan fingerprint density at radius 3 is 2.41 bits per heavy atom. The highest BCUT2D eigenvalue weighted by Crippen LogP contribution is 2.21.